The lowest BCUT2D eigenvalue weighted by molar-refractivity contribution is 0.469. The van der Waals surface area contributed by atoms with Crippen LogP contribution in [0.2, 0.25) is 0 Å². The van der Waals surface area contributed by atoms with Crippen molar-refractivity contribution >= 4 is 37.3 Å². The number of thiophene rings is 1. The average Bonchev–Trinajstić information content (AvgIpc) is 3.06. The predicted molar refractivity (Wildman–Crippen MR) is 86.8 cm³/mol. The minimum absolute atomic E-state index is 0.128. The largest absolute Gasteiger partial charge is 0.452 e. The second-order valence-electron chi connectivity index (χ2n) is 4.48. The van der Waals surface area contributed by atoms with Crippen LogP contribution in [0, 0.1) is 0 Å². The zero-order valence-electron chi connectivity index (χ0n) is 11.7. The summed E-state index contributed by atoms with van der Waals surface area (Å²) in [5, 5.41) is 4.86. The fraction of sp³-hybridized carbons (Fsp3) is 0.385. The molecule has 5 nitrogen and oxygen atoms in total. The third kappa shape index (κ3) is 3.95. The first-order valence-corrected chi connectivity index (χ1v) is 9.62. The molecule has 0 aliphatic heterocycles. The number of halogens is 1. The van der Waals surface area contributed by atoms with E-state index in [-0.39, 0.29) is 15.6 Å². The normalized spacial score (nSPS) is 13.5. The summed E-state index contributed by atoms with van der Waals surface area (Å²) in [6.07, 6.45) is 0.679. The van der Waals surface area contributed by atoms with Crippen LogP contribution in [0.15, 0.2) is 37.6 Å². The van der Waals surface area contributed by atoms with E-state index in [2.05, 4.69) is 26.0 Å². The molecule has 0 radical (unpaired) electrons. The van der Waals surface area contributed by atoms with Crippen LogP contribution in [0.4, 0.5) is 0 Å². The van der Waals surface area contributed by atoms with E-state index in [9.17, 15) is 8.42 Å². The Morgan fingerprint density at radius 3 is 2.81 bits per heavy atom. The summed E-state index contributed by atoms with van der Waals surface area (Å²) in [5.74, 6) is 0.564. The highest BCUT2D eigenvalue weighted by Crippen LogP contribution is 2.29. The van der Waals surface area contributed by atoms with Gasteiger partial charge in [-0.05, 0) is 40.8 Å². The van der Waals surface area contributed by atoms with E-state index in [4.69, 9.17) is 4.42 Å². The van der Waals surface area contributed by atoms with Gasteiger partial charge in [0, 0.05) is 10.9 Å². The lowest BCUT2D eigenvalue weighted by Crippen LogP contribution is -2.27. The van der Waals surface area contributed by atoms with Crippen molar-refractivity contribution in [2.75, 3.05) is 7.05 Å². The van der Waals surface area contributed by atoms with Gasteiger partial charge in [-0.2, -0.15) is 0 Å². The van der Waals surface area contributed by atoms with Gasteiger partial charge in [0.1, 0.15) is 10.7 Å². The molecule has 0 fully saturated rings. The van der Waals surface area contributed by atoms with Crippen molar-refractivity contribution in [2.45, 2.75) is 30.8 Å². The SMILES string of the molecule is CCC(NS(=O)(=O)c1cc(CNC)oc1Br)c1cccs1. The Morgan fingerprint density at radius 1 is 1.48 bits per heavy atom. The molecule has 0 aliphatic carbocycles. The van der Waals surface area contributed by atoms with Crippen LogP contribution in [0.5, 0.6) is 0 Å². The monoisotopic (exact) mass is 392 g/mol. The Kier molecular flexibility index (Phi) is 5.61. The highest BCUT2D eigenvalue weighted by molar-refractivity contribution is 9.10. The van der Waals surface area contributed by atoms with Crippen molar-refractivity contribution < 1.29 is 12.8 Å². The van der Waals surface area contributed by atoms with Gasteiger partial charge in [-0.15, -0.1) is 11.3 Å². The second-order valence-corrected chi connectivity index (χ2v) is 7.86. The third-order valence-corrected chi connectivity index (χ3v) is 6.25. The minimum Gasteiger partial charge on any atom is -0.452 e. The summed E-state index contributed by atoms with van der Waals surface area (Å²) < 4.78 is 33.4. The summed E-state index contributed by atoms with van der Waals surface area (Å²) in [6.45, 7) is 2.42. The fourth-order valence-electron chi connectivity index (χ4n) is 1.93. The van der Waals surface area contributed by atoms with Crippen molar-refractivity contribution in [3.8, 4) is 0 Å². The van der Waals surface area contributed by atoms with Crippen LogP contribution in [-0.4, -0.2) is 15.5 Å². The number of hydrogen-bond acceptors (Lipinski definition) is 5. The summed E-state index contributed by atoms with van der Waals surface area (Å²) in [6, 6.07) is 5.14. The molecule has 2 heterocycles. The van der Waals surface area contributed by atoms with E-state index in [1.54, 1.807) is 7.05 Å². The molecular weight excluding hydrogens is 376 g/mol. The van der Waals surface area contributed by atoms with Crippen LogP contribution >= 0.6 is 27.3 Å². The molecule has 0 aromatic carbocycles. The van der Waals surface area contributed by atoms with Crippen molar-refractivity contribution in [1.29, 1.82) is 0 Å². The Hall–Kier alpha value is -0.670. The van der Waals surface area contributed by atoms with E-state index >= 15 is 0 Å². The average molecular weight is 393 g/mol. The van der Waals surface area contributed by atoms with Gasteiger partial charge in [0.25, 0.3) is 0 Å². The van der Waals surface area contributed by atoms with E-state index in [0.29, 0.717) is 18.7 Å². The molecule has 0 aliphatic rings. The maximum Gasteiger partial charge on any atom is 0.245 e. The fourth-order valence-corrected chi connectivity index (χ4v) is 5.16. The first kappa shape index (κ1) is 16.7. The molecule has 0 amide bonds. The molecule has 2 rings (SSSR count). The first-order chi connectivity index (χ1) is 9.97. The molecule has 2 aromatic heterocycles. The van der Waals surface area contributed by atoms with Gasteiger partial charge >= 0.3 is 0 Å². The Bertz CT molecular complexity index is 680. The maximum atomic E-state index is 12.5. The molecule has 0 saturated heterocycles. The van der Waals surface area contributed by atoms with Gasteiger partial charge in [0.15, 0.2) is 4.67 Å². The molecule has 1 unspecified atom stereocenters. The molecule has 0 bridgehead atoms. The standard InChI is InChI=1S/C13H17BrN2O3S2/c1-3-10(11-5-4-6-20-11)16-21(17,18)12-7-9(8-15-2)19-13(12)14/h4-7,10,15-16H,3,8H2,1-2H3. The lowest BCUT2D eigenvalue weighted by atomic mass is 10.2. The zero-order valence-corrected chi connectivity index (χ0v) is 14.9. The third-order valence-electron chi connectivity index (χ3n) is 2.94. The molecule has 116 valence electrons. The lowest BCUT2D eigenvalue weighted by Gasteiger charge is -2.15. The van der Waals surface area contributed by atoms with Crippen LogP contribution in [0.1, 0.15) is 30.0 Å². The Labute approximate surface area is 136 Å². The van der Waals surface area contributed by atoms with Crippen molar-refractivity contribution in [1.82, 2.24) is 10.0 Å². The molecule has 2 N–H and O–H groups in total. The number of sulfonamides is 1. The van der Waals surface area contributed by atoms with Gasteiger partial charge in [-0.25, -0.2) is 13.1 Å². The van der Waals surface area contributed by atoms with Gasteiger partial charge in [0.2, 0.25) is 10.0 Å². The van der Waals surface area contributed by atoms with Crippen LogP contribution < -0.4 is 10.0 Å². The van der Waals surface area contributed by atoms with Crippen molar-refractivity contribution in [2.24, 2.45) is 0 Å². The van der Waals surface area contributed by atoms with Gasteiger partial charge in [-0.3, -0.25) is 0 Å². The van der Waals surface area contributed by atoms with E-state index in [0.717, 1.165) is 4.88 Å². The zero-order chi connectivity index (χ0) is 15.5. The second kappa shape index (κ2) is 7.06. The van der Waals surface area contributed by atoms with Crippen LogP contribution in [0.25, 0.3) is 0 Å². The molecule has 0 spiro atoms. The molecule has 8 heteroatoms. The summed E-state index contributed by atoms with van der Waals surface area (Å²) >= 11 is 4.71. The topological polar surface area (TPSA) is 71.3 Å². The number of nitrogens with one attached hydrogen (secondary N) is 2. The van der Waals surface area contributed by atoms with Crippen LogP contribution in [0.3, 0.4) is 0 Å². The van der Waals surface area contributed by atoms with Gasteiger partial charge in [0.05, 0.1) is 12.6 Å². The van der Waals surface area contributed by atoms with Gasteiger partial charge < -0.3 is 9.73 Å². The van der Waals surface area contributed by atoms with Crippen LogP contribution in [-0.2, 0) is 16.6 Å². The highest BCUT2D eigenvalue weighted by atomic mass is 79.9. The number of furan rings is 1. The van der Waals surface area contributed by atoms with E-state index in [1.807, 2.05) is 24.4 Å². The molecule has 2 aromatic rings. The van der Waals surface area contributed by atoms with E-state index < -0.39 is 10.0 Å². The smallest absolute Gasteiger partial charge is 0.245 e. The van der Waals surface area contributed by atoms with Gasteiger partial charge in [-0.1, -0.05) is 13.0 Å². The number of rotatable bonds is 7. The summed E-state index contributed by atoms with van der Waals surface area (Å²) in [7, 11) is -1.87. The minimum atomic E-state index is -3.64. The Balaban J connectivity index is 2.25. The Morgan fingerprint density at radius 2 is 2.24 bits per heavy atom. The summed E-state index contributed by atoms with van der Waals surface area (Å²) in [5.41, 5.74) is 0. The maximum absolute atomic E-state index is 12.5. The van der Waals surface area contributed by atoms with Crippen molar-refractivity contribution in [3.05, 3.63) is 38.9 Å². The molecule has 0 saturated carbocycles. The first-order valence-electron chi connectivity index (χ1n) is 6.46. The van der Waals surface area contributed by atoms with E-state index in [1.165, 1.54) is 17.4 Å². The number of hydrogen-bond donors (Lipinski definition) is 2. The summed E-state index contributed by atoms with van der Waals surface area (Å²) in [4.78, 5) is 1.12. The quantitative estimate of drug-likeness (QED) is 0.758. The predicted octanol–water partition coefficient (Wildman–Crippen LogP) is 3.25. The molecule has 1 atom stereocenters. The van der Waals surface area contributed by atoms with Crippen molar-refractivity contribution in [3.63, 3.8) is 0 Å². The molecule has 21 heavy (non-hydrogen) atoms. The molecular formula is C13H17BrN2O3S2. The highest BCUT2D eigenvalue weighted by Gasteiger charge is 2.26.